The first-order valence-corrected chi connectivity index (χ1v) is 16.3. The second-order valence-corrected chi connectivity index (χ2v) is 13.3. The molecule has 4 aliphatic rings. The van der Waals surface area contributed by atoms with Gasteiger partial charge < -0.3 is 4.74 Å². The van der Waals surface area contributed by atoms with Gasteiger partial charge in [-0.05, 0) is 60.1 Å². The first-order chi connectivity index (χ1) is 23.4. The van der Waals surface area contributed by atoms with E-state index < -0.39 is 5.66 Å². The molecule has 214 valence electrons. The van der Waals surface area contributed by atoms with Crippen molar-refractivity contribution in [3.8, 4) is 23.1 Å². The Labute approximate surface area is 268 Å². The number of fused-ring (bicyclic) bond motifs is 6. The van der Waals surface area contributed by atoms with Gasteiger partial charge in [0.25, 0.3) is 18.3 Å². The Morgan fingerprint density at radius 3 is 2.06 bits per heavy atom. The van der Waals surface area contributed by atoms with Gasteiger partial charge in [-0.3, -0.25) is 0 Å². The topological polar surface area (TPSA) is 26.8 Å². The number of hydrogen-bond acceptors (Lipinski definition) is 1. The number of ether oxygens (including phenoxy) is 1. The van der Waals surface area contributed by atoms with E-state index in [1.54, 1.807) is 0 Å². The third kappa shape index (κ3) is 2.29. The van der Waals surface area contributed by atoms with E-state index in [-0.39, 0.29) is 6.71 Å². The van der Waals surface area contributed by atoms with Crippen molar-refractivity contribution in [2.24, 2.45) is 0 Å². The van der Waals surface area contributed by atoms with Crippen LogP contribution in [0.2, 0.25) is 0 Å². The lowest BCUT2D eigenvalue weighted by Gasteiger charge is -2.41. The van der Waals surface area contributed by atoms with Crippen LogP contribution in [0.15, 0.2) is 140 Å². The maximum absolute atomic E-state index is 7.01. The largest absolute Gasteiger partial charge is 0.456 e. The van der Waals surface area contributed by atoms with Gasteiger partial charge in [0.2, 0.25) is 0 Å². The molecule has 0 N–H and O–H groups in total. The van der Waals surface area contributed by atoms with E-state index in [0.717, 1.165) is 17.3 Å². The van der Waals surface area contributed by atoms with Crippen LogP contribution >= 0.6 is 0 Å². The monoisotopic (exact) mass is 598 g/mol. The molecule has 5 nitrogen and oxygen atoms in total. The van der Waals surface area contributed by atoms with Crippen molar-refractivity contribution in [3.05, 3.63) is 151 Å². The molecule has 47 heavy (non-hydrogen) atoms. The molecular formula is C41H23BN4O+2. The molecule has 0 fully saturated rings. The lowest BCUT2D eigenvalue weighted by molar-refractivity contribution is -0.967. The van der Waals surface area contributed by atoms with Crippen molar-refractivity contribution in [2.75, 3.05) is 0 Å². The van der Waals surface area contributed by atoms with E-state index >= 15 is 0 Å². The zero-order valence-electron chi connectivity index (χ0n) is 25.1. The van der Waals surface area contributed by atoms with Crippen molar-refractivity contribution in [1.29, 1.82) is 0 Å². The Kier molecular flexibility index (Phi) is 3.69. The number of nitrogens with zero attached hydrogens (tertiary/aromatic N) is 4. The van der Waals surface area contributed by atoms with Crippen molar-refractivity contribution >= 4 is 66.7 Å². The van der Waals surface area contributed by atoms with Gasteiger partial charge in [-0.15, -0.1) is 0 Å². The minimum absolute atomic E-state index is 0.0990. The summed E-state index contributed by atoms with van der Waals surface area (Å²) in [7, 11) is 0. The van der Waals surface area contributed by atoms with Crippen molar-refractivity contribution in [2.45, 2.75) is 5.66 Å². The van der Waals surface area contributed by atoms with Gasteiger partial charge in [0, 0.05) is 33.1 Å². The molecule has 13 rings (SSSR count). The van der Waals surface area contributed by atoms with E-state index in [1.807, 2.05) is 0 Å². The Balaban J connectivity index is 1.35. The third-order valence-electron chi connectivity index (χ3n) is 11.4. The Morgan fingerprint density at radius 1 is 0.511 bits per heavy atom. The van der Waals surface area contributed by atoms with Crippen LogP contribution in [0.5, 0.6) is 11.5 Å². The zero-order chi connectivity index (χ0) is 30.2. The van der Waals surface area contributed by atoms with E-state index in [1.165, 1.54) is 76.9 Å². The van der Waals surface area contributed by atoms with Gasteiger partial charge >= 0.3 is 5.66 Å². The SMILES string of the molecule is c1ccc(B2c3ccc[n+]4c3-n3c5c2cccc5c2ccc5c(c23)C42c3c(ccc4c6ccccc6n(c34)-c3cccc[n+]32)O5)cc1. The highest BCUT2D eigenvalue weighted by molar-refractivity contribution is 6.97. The van der Waals surface area contributed by atoms with E-state index in [2.05, 4.69) is 158 Å². The Hall–Kier alpha value is -6.14. The quantitative estimate of drug-likeness (QED) is 0.186. The standard InChI is InChI=1S/C41H23BN4O/c1-2-10-24(11-3-1)42-29-14-8-13-26-28-19-21-33-36-39(28)46(37(26)29)40-30(42)15-9-23-44(40)41(36)35-32(47-33)20-18-27-25-12-4-5-16-31(25)45(38(27)35)34-17-6-7-22-43(34)41/h1-23H/q+2. The zero-order valence-corrected chi connectivity index (χ0v) is 25.1. The summed E-state index contributed by atoms with van der Waals surface area (Å²) in [5, 5.41) is 5.04. The highest BCUT2D eigenvalue weighted by atomic mass is 16.5. The average Bonchev–Trinajstić information content (AvgIpc) is 3.66. The maximum atomic E-state index is 7.01. The maximum Gasteiger partial charge on any atom is 0.321 e. The molecule has 4 aromatic heterocycles. The summed E-state index contributed by atoms with van der Waals surface area (Å²) in [6.45, 7) is 0.0990. The molecular weight excluding hydrogens is 575 g/mol. The molecule has 1 unspecified atom stereocenters. The molecule has 0 saturated carbocycles. The number of hydrogen-bond donors (Lipinski definition) is 0. The molecule has 0 aliphatic carbocycles. The molecule has 6 heteroatoms. The number of benzene rings is 5. The second kappa shape index (κ2) is 7.46. The fourth-order valence-corrected chi connectivity index (χ4v) is 9.87. The molecule has 1 atom stereocenters. The predicted octanol–water partition coefficient (Wildman–Crippen LogP) is 5.32. The molecule has 5 aromatic carbocycles. The first-order valence-electron chi connectivity index (χ1n) is 16.3. The van der Waals surface area contributed by atoms with Gasteiger partial charge in [0.05, 0.1) is 12.4 Å². The van der Waals surface area contributed by atoms with Crippen LogP contribution in [-0.4, -0.2) is 15.8 Å². The molecule has 4 aliphatic heterocycles. The predicted molar refractivity (Wildman–Crippen MR) is 185 cm³/mol. The summed E-state index contributed by atoms with van der Waals surface area (Å²) in [5.41, 5.74) is 10.6. The summed E-state index contributed by atoms with van der Waals surface area (Å²) in [6.07, 6.45) is 4.58. The fourth-order valence-electron chi connectivity index (χ4n) is 9.87. The Bertz CT molecular complexity index is 2960. The van der Waals surface area contributed by atoms with Crippen molar-refractivity contribution in [3.63, 3.8) is 0 Å². The first kappa shape index (κ1) is 23.2. The number of rotatable bonds is 1. The molecule has 0 radical (unpaired) electrons. The smallest absolute Gasteiger partial charge is 0.321 e. The van der Waals surface area contributed by atoms with Crippen LogP contribution in [0.3, 0.4) is 0 Å². The van der Waals surface area contributed by atoms with E-state index in [9.17, 15) is 0 Å². The van der Waals surface area contributed by atoms with Gasteiger partial charge in [-0.25, -0.2) is 0 Å². The molecule has 1 spiro atoms. The number of para-hydroxylation sites is 2. The van der Waals surface area contributed by atoms with Crippen molar-refractivity contribution < 1.29 is 13.9 Å². The molecule has 8 heterocycles. The summed E-state index contributed by atoms with van der Waals surface area (Å²) >= 11 is 0. The summed E-state index contributed by atoms with van der Waals surface area (Å²) in [4.78, 5) is 0. The number of pyridine rings is 2. The fraction of sp³-hybridized carbons (Fsp3) is 0.0244. The lowest BCUT2D eigenvalue weighted by atomic mass is 9.36. The summed E-state index contributed by atoms with van der Waals surface area (Å²) in [6, 6.07) is 46.9. The minimum Gasteiger partial charge on any atom is -0.456 e. The molecule has 0 amide bonds. The molecule has 9 aromatic rings. The molecule has 0 saturated heterocycles. The highest BCUT2D eigenvalue weighted by Crippen LogP contribution is 2.56. The van der Waals surface area contributed by atoms with Gasteiger partial charge in [-0.2, -0.15) is 18.3 Å². The highest BCUT2D eigenvalue weighted by Gasteiger charge is 2.65. The van der Waals surface area contributed by atoms with Crippen molar-refractivity contribution in [1.82, 2.24) is 9.13 Å². The van der Waals surface area contributed by atoms with Gasteiger partial charge in [0.15, 0.2) is 11.0 Å². The lowest BCUT2D eigenvalue weighted by Crippen LogP contribution is -2.80. The Morgan fingerprint density at radius 2 is 1.19 bits per heavy atom. The third-order valence-corrected chi connectivity index (χ3v) is 11.4. The summed E-state index contributed by atoms with van der Waals surface area (Å²) in [5.74, 6) is 4.17. The normalized spacial score (nSPS) is 17.1. The van der Waals surface area contributed by atoms with Gasteiger partial charge in [0.1, 0.15) is 33.7 Å². The van der Waals surface area contributed by atoms with E-state index in [4.69, 9.17) is 4.74 Å². The van der Waals surface area contributed by atoms with Gasteiger partial charge in [-0.1, -0.05) is 72.2 Å². The average molecular weight is 598 g/mol. The van der Waals surface area contributed by atoms with E-state index in [0.29, 0.717) is 0 Å². The van der Waals surface area contributed by atoms with Crippen LogP contribution in [0.1, 0.15) is 11.1 Å². The number of aromatic nitrogens is 4. The van der Waals surface area contributed by atoms with Crippen LogP contribution in [0.25, 0.3) is 55.2 Å². The van der Waals surface area contributed by atoms with Crippen LogP contribution in [0.4, 0.5) is 0 Å². The summed E-state index contributed by atoms with van der Waals surface area (Å²) < 4.78 is 17.1. The van der Waals surface area contributed by atoms with Crippen LogP contribution in [0, 0.1) is 0 Å². The second-order valence-electron chi connectivity index (χ2n) is 13.3. The molecule has 0 bridgehead atoms. The van der Waals surface area contributed by atoms with Crippen LogP contribution < -0.4 is 30.3 Å². The van der Waals surface area contributed by atoms with Crippen LogP contribution in [-0.2, 0) is 5.66 Å². The minimum atomic E-state index is -0.725.